The number of piperidine rings is 3. The van der Waals surface area contributed by atoms with Crippen LogP contribution in [0.25, 0.3) is 0 Å². The first-order valence-corrected chi connectivity index (χ1v) is 7.42. The summed E-state index contributed by atoms with van der Waals surface area (Å²) in [6.45, 7) is 3.04. The normalized spacial score (nSPS) is 28.4. The summed E-state index contributed by atoms with van der Waals surface area (Å²) in [7, 11) is 1.67. The highest BCUT2D eigenvalue weighted by atomic mass is 16.5. The predicted octanol–water partition coefficient (Wildman–Crippen LogP) is 0.764. The maximum atomic E-state index is 11.0. The molecule has 0 aromatic heterocycles. The standard InChI is InChI=1S/C14H19NO2.C2H2O4/c1-17-13-4-2-3-12(9-13)14(16)10-15-7-5-11(14)6-8-15;3-1(4)2(5)6/h2-4,9,11,16H,5-8,10H2,1H3;(H,3,4)(H,5,6). The first-order chi connectivity index (χ1) is 10.9. The van der Waals surface area contributed by atoms with Crippen LogP contribution < -0.4 is 4.74 Å². The smallest absolute Gasteiger partial charge is 0.414 e. The zero-order valence-electron chi connectivity index (χ0n) is 12.9. The molecule has 4 rings (SSSR count). The molecule has 3 N–H and O–H groups in total. The van der Waals surface area contributed by atoms with E-state index in [2.05, 4.69) is 4.90 Å². The number of hydrogen-bond donors (Lipinski definition) is 3. The molecule has 3 saturated heterocycles. The van der Waals surface area contributed by atoms with Gasteiger partial charge >= 0.3 is 11.9 Å². The molecule has 0 saturated carbocycles. The molecule has 0 aliphatic carbocycles. The number of nitrogens with zero attached hydrogens (tertiary/aromatic N) is 1. The van der Waals surface area contributed by atoms with Crippen molar-refractivity contribution in [1.29, 1.82) is 0 Å². The van der Waals surface area contributed by atoms with E-state index in [4.69, 9.17) is 24.5 Å². The van der Waals surface area contributed by atoms with Crippen molar-refractivity contribution in [3.63, 3.8) is 0 Å². The van der Waals surface area contributed by atoms with Gasteiger partial charge in [0.2, 0.25) is 0 Å². The highest BCUT2D eigenvalue weighted by molar-refractivity contribution is 6.27. The number of aliphatic hydroxyl groups is 1. The van der Waals surface area contributed by atoms with Crippen LogP contribution in [-0.2, 0) is 15.2 Å². The minimum Gasteiger partial charge on any atom is -0.497 e. The molecule has 3 aliphatic heterocycles. The average Bonchev–Trinajstić information content (AvgIpc) is 2.56. The highest BCUT2D eigenvalue weighted by Crippen LogP contribution is 2.42. The first-order valence-electron chi connectivity index (χ1n) is 7.42. The second-order valence-corrected chi connectivity index (χ2v) is 5.82. The zero-order chi connectivity index (χ0) is 17.0. The summed E-state index contributed by atoms with van der Waals surface area (Å²) in [5, 5.41) is 25.7. The third kappa shape index (κ3) is 3.80. The Bertz CT molecular complexity index is 570. The van der Waals surface area contributed by atoms with Gasteiger partial charge in [0.1, 0.15) is 11.4 Å². The highest BCUT2D eigenvalue weighted by Gasteiger charge is 2.46. The van der Waals surface area contributed by atoms with Crippen LogP contribution in [0.3, 0.4) is 0 Å². The molecule has 2 bridgehead atoms. The van der Waals surface area contributed by atoms with Crippen LogP contribution >= 0.6 is 0 Å². The fraction of sp³-hybridized carbons (Fsp3) is 0.500. The molecule has 0 radical (unpaired) electrons. The van der Waals surface area contributed by atoms with Crippen LogP contribution in [0.1, 0.15) is 18.4 Å². The Balaban J connectivity index is 0.000000277. The van der Waals surface area contributed by atoms with Crippen molar-refractivity contribution in [2.75, 3.05) is 26.7 Å². The molecule has 3 fully saturated rings. The van der Waals surface area contributed by atoms with E-state index in [0.29, 0.717) is 5.92 Å². The molecular weight excluding hydrogens is 302 g/mol. The number of carboxylic acid groups (broad SMARTS) is 2. The Morgan fingerprint density at radius 2 is 1.83 bits per heavy atom. The Morgan fingerprint density at radius 1 is 1.22 bits per heavy atom. The second-order valence-electron chi connectivity index (χ2n) is 5.82. The molecule has 3 heterocycles. The van der Waals surface area contributed by atoms with Gasteiger partial charge in [-0.25, -0.2) is 9.59 Å². The maximum absolute atomic E-state index is 11.0. The Hall–Kier alpha value is -2.12. The quantitative estimate of drug-likeness (QED) is 0.690. The van der Waals surface area contributed by atoms with Crippen molar-refractivity contribution in [2.45, 2.75) is 18.4 Å². The summed E-state index contributed by atoms with van der Waals surface area (Å²) in [6, 6.07) is 7.88. The fourth-order valence-corrected chi connectivity index (χ4v) is 3.26. The van der Waals surface area contributed by atoms with Crippen molar-refractivity contribution in [3.8, 4) is 5.75 Å². The molecular formula is C16H21NO6. The summed E-state index contributed by atoms with van der Waals surface area (Å²) in [4.78, 5) is 20.6. The van der Waals surface area contributed by atoms with E-state index in [-0.39, 0.29) is 0 Å². The van der Waals surface area contributed by atoms with Crippen molar-refractivity contribution >= 4 is 11.9 Å². The summed E-state index contributed by atoms with van der Waals surface area (Å²) in [5.74, 6) is -2.42. The molecule has 7 nitrogen and oxygen atoms in total. The van der Waals surface area contributed by atoms with Gasteiger partial charge in [0, 0.05) is 6.54 Å². The number of rotatable bonds is 2. The van der Waals surface area contributed by atoms with Crippen LogP contribution in [0.15, 0.2) is 24.3 Å². The summed E-state index contributed by atoms with van der Waals surface area (Å²) in [6.07, 6.45) is 2.21. The van der Waals surface area contributed by atoms with Gasteiger partial charge in [-0.3, -0.25) is 0 Å². The van der Waals surface area contributed by atoms with Gasteiger partial charge in [0.15, 0.2) is 0 Å². The maximum Gasteiger partial charge on any atom is 0.414 e. The van der Waals surface area contributed by atoms with Gasteiger partial charge < -0.3 is 25.0 Å². The van der Waals surface area contributed by atoms with Crippen LogP contribution in [0.5, 0.6) is 5.75 Å². The second kappa shape index (κ2) is 6.97. The number of carboxylic acids is 2. The minimum atomic E-state index is -1.82. The van der Waals surface area contributed by atoms with Crippen LogP contribution in [-0.4, -0.2) is 58.9 Å². The third-order valence-electron chi connectivity index (χ3n) is 4.48. The lowest BCUT2D eigenvalue weighted by molar-refractivity contribution is -0.159. The van der Waals surface area contributed by atoms with Crippen molar-refractivity contribution in [3.05, 3.63) is 29.8 Å². The van der Waals surface area contributed by atoms with E-state index in [9.17, 15) is 5.11 Å². The van der Waals surface area contributed by atoms with Gasteiger partial charge in [0.05, 0.1) is 7.11 Å². The van der Waals surface area contributed by atoms with E-state index in [1.807, 2.05) is 24.3 Å². The number of hydrogen-bond acceptors (Lipinski definition) is 5. The number of aliphatic carboxylic acids is 2. The average molecular weight is 323 g/mol. The molecule has 1 unspecified atom stereocenters. The minimum absolute atomic E-state index is 0.402. The molecule has 1 atom stereocenters. The van der Waals surface area contributed by atoms with Crippen molar-refractivity contribution in [2.24, 2.45) is 5.92 Å². The fourth-order valence-electron chi connectivity index (χ4n) is 3.26. The Labute approximate surface area is 134 Å². The lowest BCUT2D eigenvalue weighted by atomic mass is 9.72. The van der Waals surface area contributed by atoms with Crippen molar-refractivity contribution in [1.82, 2.24) is 4.90 Å². The molecule has 1 aromatic carbocycles. The predicted molar refractivity (Wildman–Crippen MR) is 81.3 cm³/mol. The summed E-state index contributed by atoms with van der Waals surface area (Å²) in [5.41, 5.74) is 0.330. The zero-order valence-corrected chi connectivity index (χ0v) is 12.9. The molecule has 126 valence electrons. The number of methoxy groups -OCH3 is 1. The topological polar surface area (TPSA) is 107 Å². The van der Waals surface area contributed by atoms with E-state index in [1.54, 1.807) is 7.11 Å². The molecule has 3 aliphatic rings. The van der Waals surface area contributed by atoms with Gasteiger partial charge in [-0.2, -0.15) is 0 Å². The summed E-state index contributed by atoms with van der Waals surface area (Å²) < 4.78 is 5.25. The number of carbonyl (C=O) groups is 2. The molecule has 1 aromatic rings. The number of ether oxygens (including phenoxy) is 1. The van der Waals surface area contributed by atoms with Gasteiger partial charge in [-0.15, -0.1) is 0 Å². The monoisotopic (exact) mass is 323 g/mol. The van der Waals surface area contributed by atoms with E-state index in [0.717, 1.165) is 43.8 Å². The van der Waals surface area contributed by atoms with E-state index < -0.39 is 17.5 Å². The van der Waals surface area contributed by atoms with E-state index >= 15 is 0 Å². The number of benzene rings is 1. The van der Waals surface area contributed by atoms with Crippen LogP contribution in [0, 0.1) is 5.92 Å². The van der Waals surface area contributed by atoms with E-state index in [1.165, 1.54) is 0 Å². The van der Waals surface area contributed by atoms with Gasteiger partial charge in [0.25, 0.3) is 0 Å². The number of fused-ring (bicyclic) bond motifs is 3. The van der Waals surface area contributed by atoms with Gasteiger partial charge in [-0.05, 0) is 49.5 Å². The van der Waals surface area contributed by atoms with Crippen LogP contribution in [0.2, 0.25) is 0 Å². The van der Waals surface area contributed by atoms with Crippen LogP contribution in [0.4, 0.5) is 0 Å². The molecule has 23 heavy (non-hydrogen) atoms. The lowest BCUT2D eigenvalue weighted by Gasteiger charge is -2.50. The summed E-state index contributed by atoms with van der Waals surface area (Å²) >= 11 is 0. The Kier molecular flexibility index (Phi) is 5.23. The largest absolute Gasteiger partial charge is 0.497 e. The molecule has 7 heteroatoms. The lowest BCUT2D eigenvalue weighted by Crippen LogP contribution is -2.57. The molecule has 0 spiro atoms. The SMILES string of the molecule is COc1cccc(C2(O)CN3CCC2CC3)c1.O=C(O)C(=O)O. The molecule has 0 amide bonds. The third-order valence-corrected chi connectivity index (χ3v) is 4.48. The first kappa shape index (κ1) is 17.2. The Morgan fingerprint density at radius 3 is 2.26 bits per heavy atom. The van der Waals surface area contributed by atoms with Gasteiger partial charge in [-0.1, -0.05) is 12.1 Å². The van der Waals surface area contributed by atoms with Crippen molar-refractivity contribution < 1.29 is 29.6 Å².